The number of methoxy groups -OCH3 is 1. The zero-order chi connectivity index (χ0) is 24.8. The first-order chi connectivity index (χ1) is 16.8. The molecule has 1 saturated carbocycles. The summed E-state index contributed by atoms with van der Waals surface area (Å²) in [5, 5.41) is 7.35. The van der Waals surface area contributed by atoms with Gasteiger partial charge >= 0.3 is 0 Å². The summed E-state index contributed by atoms with van der Waals surface area (Å²) in [5.74, 6) is 0.465. The van der Waals surface area contributed by atoms with Gasteiger partial charge in [0.2, 0.25) is 5.95 Å². The number of ether oxygens (including phenoxy) is 1. The third kappa shape index (κ3) is 7.42. The third-order valence-corrected chi connectivity index (χ3v) is 7.25. The van der Waals surface area contributed by atoms with E-state index in [4.69, 9.17) is 14.7 Å². The second-order valence-electron chi connectivity index (χ2n) is 8.58. The first kappa shape index (κ1) is 25.5. The minimum absolute atomic E-state index is 0.0439. The number of aromatic nitrogens is 3. The molecular formula is C23H31N7O3S2. The Labute approximate surface area is 210 Å². The lowest BCUT2D eigenvalue weighted by Gasteiger charge is -2.13. The molecule has 188 valence electrons. The van der Waals surface area contributed by atoms with Crippen molar-refractivity contribution < 1.29 is 13.2 Å². The van der Waals surface area contributed by atoms with E-state index in [1.165, 1.54) is 11.3 Å². The van der Waals surface area contributed by atoms with E-state index in [0.29, 0.717) is 24.8 Å². The summed E-state index contributed by atoms with van der Waals surface area (Å²) in [6.45, 7) is 5.34. The predicted molar refractivity (Wildman–Crippen MR) is 140 cm³/mol. The molecule has 12 heteroatoms. The molecule has 1 aliphatic carbocycles. The van der Waals surface area contributed by atoms with Crippen molar-refractivity contribution in [3.63, 3.8) is 0 Å². The average molecular weight is 518 g/mol. The van der Waals surface area contributed by atoms with Crippen molar-refractivity contribution >= 4 is 32.6 Å². The van der Waals surface area contributed by atoms with Gasteiger partial charge in [0.05, 0.1) is 22.9 Å². The van der Waals surface area contributed by atoms with Crippen molar-refractivity contribution in [3.8, 4) is 21.8 Å². The van der Waals surface area contributed by atoms with Gasteiger partial charge in [0.15, 0.2) is 5.13 Å². The lowest BCUT2D eigenvalue weighted by Crippen LogP contribution is -2.37. The third-order valence-electron chi connectivity index (χ3n) is 5.13. The Kier molecular flexibility index (Phi) is 8.29. The van der Waals surface area contributed by atoms with Crippen LogP contribution < -0.4 is 20.1 Å². The maximum absolute atomic E-state index is 12.3. The standard InChI is InChI=1S/C23H31N7O3S2/c1-15(2)27-23-25-14-21(34-23)20-12-19(28-22(29-20)24-10-11-33-3)18-7-5-4-6-16(18)13-26-35(31,32)30-17-8-9-17/h4-7,12,14-15,17,26,30H,8-11,13H2,1-3H3,(H,25,27)(H,24,28,29). The fraction of sp³-hybridized carbons (Fsp3) is 0.435. The first-order valence-corrected chi connectivity index (χ1v) is 13.8. The van der Waals surface area contributed by atoms with Crippen LogP contribution >= 0.6 is 11.3 Å². The zero-order valence-corrected chi connectivity index (χ0v) is 21.7. The number of nitrogens with one attached hydrogen (secondary N) is 4. The molecule has 0 radical (unpaired) electrons. The van der Waals surface area contributed by atoms with Crippen molar-refractivity contribution in [2.24, 2.45) is 0 Å². The summed E-state index contributed by atoms with van der Waals surface area (Å²) >= 11 is 1.52. The Morgan fingerprint density at radius 2 is 1.94 bits per heavy atom. The van der Waals surface area contributed by atoms with Crippen LogP contribution in [0.2, 0.25) is 0 Å². The molecule has 3 aromatic rings. The smallest absolute Gasteiger partial charge is 0.277 e. The highest BCUT2D eigenvalue weighted by Crippen LogP contribution is 2.32. The molecule has 1 aliphatic rings. The molecule has 0 aliphatic heterocycles. The van der Waals surface area contributed by atoms with E-state index in [0.717, 1.165) is 39.7 Å². The summed E-state index contributed by atoms with van der Waals surface area (Å²) in [4.78, 5) is 14.8. The summed E-state index contributed by atoms with van der Waals surface area (Å²) in [6.07, 6.45) is 3.56. The van der Waals surface area contributed by atoms with Crippen molar-refractivity contribution in [3.05, 3.63) is 42.1 Å². The van der Waals surface area contributed by atoms with Crippen LogP contribution in [0.15, 0.2) is 36.5 Å². The molecule has 0 atom stereocenters. The molecule has 35 heavy (non-hydrogen) atoms. The fourth-order valence-corrected chi connectivity index (χ4v) is 5.35. The molecular weight excluding hydrogens is 486 g/mol. The number of nitrogens with zero attached hydrogens (tertiary/aromatic N) is 3. The van der Waals surface area contributed by atoms with E-state index in [1.54, 1.807) is 13.3 Å². The summed E-state index contributed by atoms with van der Waals surface area (Å²) in [5.41, 5.74) is 3.05. The zero-order valence-electron chi connectivity index (χ0n) is 20.0. The monoisotopic (exact) mass is 517 g/mol. The number of thiazole rings is 1. The molecule has 0 saturated heterocycles. The molecule has 0 amide bonds. The van der Waals surface area contributed by atoms with E-state index in [9.17, 15) is 8.42 Å². The molecule has 4 rings (SSSR count). The summed E-state index contributed by atoms with van der Waals surface area (Å²) < 4.78 is 35.1. The Balaban J connectivity index is 1.64. The number of rotatable bonds is 13. The van der Waals surface area contributed by atoms with Crippen LogP contribution in [-0.4, -0.2) is 55.7 Å². The summed E-state index contributed by atoms with van der Waals surface area (Å²) in [6, 6.07) is 9.84. The molecule has 0 unspecified atom stereocenters. The van der Waals surface area contributed by atoms with Crippen LogP contribution in [0, 0.1) is 0 Å². The molecule has 4 N–H and O–H groups in total. The van der Waals surface area contributed by atoms with Crippen LogP contribution in [0.3, 0.4) is 0 Å². The van der Waals surface area contributed by atoms with E-state index >= 15 is 0 Å². The molecule has 1 fully saturated rings. The maximum atomic E-state index is 12.3. The van der Waals surface area contributed by atoms with Gasteiger partial charge in [-0.2, -0.15) is 17.9 Å². The largest absolute Gasteiger partial charge is 0.383 e. The van der Waals surface area contributed by atoms with Gasteiger partial charge in [0.1, 0.15) is 0 Å². The van der Waals surface area contributed by atoms with E-state index in [-0.39, 0.29) is 18.6 Å². The molecule has 0 bridgehead atoms. The van der Waals surface area contributed by atoms with E-state index < -0.39 is 10.2 Å². The highest BCUT2D eigenvalue weighted by molar-refractivity contribution is 7.87. The van der Waals surface area contributed by atoms with Crippen molar-refractivity contribution in [1.82, 2.24) is 24.4 Å². The van der Waals surface area contributed by atoms with Gasteiger partial charge in [-0.15, -0.1) is 0 Å². The van der Waals surface area contributed by atoms with Gasteiger partial charge in [0, 0.05) is 44.0 Å². The van der Waals surface area contributed by atoms with E-state index in [2.05, 4.69) is 38.9 Å². The highest BCUT2D eigenvalue weighted by atomic mass is 32.2. The lowest BCUT2D eigenvalue weighted by atomic mass is 10.0. The second-order valence-corrected chi connectivity index (χ2v) is 11.1. The number of anilines is 2. The molecule has 1 aromatic carbocycles. The number of hydrogen-bond acceptors (Lipinski definition) is 9. The van der Waals surface area contributed by atoms with Crippen LogP contribution in [0.4, 0.5) is 11.1 Å². The first-order valence-electron chi connectivity index (χ1n) is 11.5. The Bertz CT molecular complexity index is 1240. The van der Waals surface area contributed by atoms with E-state index in [1.807, 2.05) is 30.3 Å². The van der Waals surface area contributed by atoms with Crippen molar-refractivity contribution in [2.75, 3.05) is 30.9 Å². The summed E-state index contributed by atoms with van der Waals surface area (Å²) in [7, 11) is -1.93. The normalized spacial score (nSPS) is 13.8. The topological polar surface area (TPSA) is 130 Å². The van der Waals surface area contributed by atoms with Gasteiger partial charge < -0.3 is 15.4 Å². The van der Waals surface area contributed by atoms with Crippen molar-refractivity contribution in [1.29, 1.82) is 0 Å². The average Bonchev–Trinajstić information content (AvgIpc) is 3.50. The van der Waals surface area contributed by atoms with Gasteiger partial charge in [-0.3, -0.25) is 0 Å². The fourth-order valence-electron chi connectivity index (χ4n) is 3.32. The van der Waals surface area contributed by atoms with Crippen LogP contribution in [0.1, 0.15) is 32.3 Å². The Morgan fingerprint density at radius 1 is 1.17 bits per heavy atom. The second kappa shape index (κ2) is 11.4. The molecule has 2 aromatic heterocycles. The quantitative estimate of drug-likeness (QED) is 0.254. The van der Waals surface area contributed by atoms with Crippen LogP contribution in [0.25, 0.3) is 21.8 Å². The Hall–Kier alpha value is -2.64. The van der Waals surface area contributed by atoms with Gasteiger partial charge in [-0.05, 0) is 38.3 Å². The number of benzene rings is 1. The predicted octanol–water partition coefficient (Wildman–Crippen LogP) is 3.23. The minimum atomic E-state index is -3.57. The molecule has 2 heterocycles. The molecule has 0 spiro atoms. The number of hydrogen-bond donors (Lipinski definition) is 4. The lowest BCUT2D eigenvalue weighted by molar-refractivity contribution is 0.210. The van der Waals surface area contributed by atoms with Gasteiger partial charge in [-0.25, -0.2) is 15.0 Å². The van der Waals surface area contributed by atoms with Crippen LogP contribution in [-0.2, 0) is 21.5 Å². The van der Waals surface area contributed by atoms with Gasteiger partial charge in [0.25, 0.3) is 10.2 Å². The maximum Gasteiger partial charge on any atom is 0.277 e. The van der Waals surface area contributed by atoms with Crippen LogP contribution in [0.5, 0.6) is 0 Å². The minimum Gasteiger partial charge on any atom is -0.383 e. The molecule has 10 nitrogen and oxygen atoms in total. The Morgan fingerprint density at radius 3 is 2.69 bits per heavy atom. The highest BCUT2D eigenvalue weighted by Gasteiger charge is 2.26. The van der Waals surface area contributed by atoms with Crippen molar-refractivity contribution in [2.45, 2.75) is 45.3 Å². The van der Waals surface area contributed by atoms with Gasteiger partial charge in [-0.1, -0.05) is 35.6 Å². The SMILES string of the molecule is COCCNc1nc(-c2cnc(NC(C)C)s2)cc(-c2ccccc2CNS(=O)(=O)NC2CC2)n1.